The summed E-state index contributed by atoms with van der Waals surface area (Å²) >= 11 is 0. The average molecular weight is 252 g/mol. The van der Waals surface area contributed by atoms with E-state index in [0.717, 1.165) is 18.9 Å². The van der Waals surface area contributed by atoms with Gasteiger partial charge in [-0.05, 0) is 18.4 Å². The molecule has 6 heteroatoms. The molecule has 0 aliphatic carbocycles. The summed E-state index contributed by atoms with van der Waals surface area (Å²) in [5.74, 6) is -0.285. The fraction of sp³-hybridized carbons (Fsp3) is 0.500. The maximum absolute atomic E-state index is 12.7. The number of halogens is 3. The zero-order valence-electron chi connectivity index (χ0n) is 10.1. The molecule has 0 spiro atoms. The molecule has 1 atom stereocenters. The molecule has 1 aromatic rings. The van der Waals surface area contributed by atoms with Gasteiger partial charge in [-0.2, -0.15) is 31.4 Å². The summed E-state index contributed by atoms with van der Waals surface area (Å²) in [6.45, 7) is 0.527. The summed E-state index contributed by atoms with van der Waals surface area (Å²) in [4.78, 5) is 0. The quantitative estimate of drug-likeness (QED) is 0.561. The van der Waals surface area contributed by atoms with Gasteiger partial charge in [0.1, 0.15) is 0 Å². The van der Waals surface area contributed by atoms with Crippen LogP contribution in [0.2, 0.25) is 0 Å². The first-order chi connectivity index (χ1) is 8.07. The Morgan fingerprint density at radius 3 is 2.72 bits per heavy atom. The SMILES string of the molecule is FC(F)(F)c1ccc[c-]c1OC1CCCCO1.[Li+]. The first kappa shape index (κ1) is 15.4. The van der Waals surface area contributed by atoms with Gasteiger partial charge in [-0.25, -0.2) is 0 Å². The maximum atomic E-state index is 12.7. The zero-order chi connectivity index (χ0) is 12.3. The molecule has 0 bridgehead atoms. The van der Waals surface area contributed by atoms with Gasteiger partial charge in [-0.1, -0.05) is 0 Å². The predicted molar refractivity (Wildman–Crippen MR) is 54.5 cm³/mol. The summed E-state index contributed by atoms with van der Waals surface area (Å²) in [6.07, 6.45) is -2.59. The minimum Gasteiger partial charge on any atom is -0.490 e. The molecule has 1 fully saturated rings. The van der Waals surface area contributed by atoms with Gasteiger partial charge < -0.3 is 9.47 Å². The molecule has 1 heterocycles. The van der Waals surface area contributed by atoms with E-state index in [9.17, 15) is 13.2 Å². The molecule has 0 saturated carbocycles. The molecule has 1 saturated heterocycles. The fourth-order valence-electron chi connectivity index (χ4n) is 1.68. The summed E-state index contributed by atoms with van der Waals surface area (Å²) in [5.41, 5.74) is -0.811. The Morgan fingerprint density at radius 1 is 1.33 bits per heavy atom. The average Bonchev–Trinajstić information content (AvgIpc) is 2.30. The fourth-order valence-corrected chi connectivity index (χ4v) is 1.68. The van der Waals surface area contributed by atoms with Gasteiger partial charge in [0.05, 0.1) is 6.61 Å². The Morgan fingerprint density at radius 2 is 2.11 bits per heavy atom. The standard InChI is InChI=1S/C12H12F3O2.Li/c13-12(14,15)9-5-1-2-6-10(9)17-11-7-3-4-8-16-11;/h1-2,5,11H,3-4,7-8H2;/q-1;+1. The van der Waals surface area contributed by atoms with Crippen molar-refractivity contribution in [3.63, 3.8) is 0 Å². The third kappa shape index (κ3) is 3.94. The van der Waals surface area contributed by atoms with Crippen molar-refractivity contribution in [2.24, 2.45) is 0 Å². The molecular formula is C12H12F3LiO2. The van der Waals surface area contributed by atoms with Crippen molar-refractivity contribution in [3.05, 3.63) is 29.8 Å². The Balaban J connectivity index is 0.00000162. The Hall–Kier alpha value is -0.633. The van der Waals surface area contributed by atoms with Crippen molar-refractivity contribution < 1.29 is 41.5 Å². The Labute approximate surface area is 116 Å². The molecule has 0 amide bonds. The number of para-hydroxylation sites is 1. The van der Waals surface area contributed by atoms with E-state index in [2.05, 4.69) is 6.07 Å². The molecule has 0 aromatic heterocycles. The Kier molecular flexibility index (Phi) is 5.58. The number of benzene rings is 1. The molecule has 1 aliphatic heterocycles. The second-order valence-electron chi connectivity index (χ2n) is 3.82. The van der Waals surface area contributed by atoms with Crippen molar-refractivity contribution in [2.75, 3.05) is 6.61 Å². The van der Waals surface area contributed by atoms with Crippen LogP contribution in [0.1, 0.15) is 24.8 Å². The first-order valence-electron chi connectivity index (χ1n) is 5.43. The number of rotatable bonds is 2. The van der Waals surface area contributed by atoms with Crippen LogP contribution in [0.3, 0.4) is 0 Å². The summed E-state index contributed by atoms with van der Waals surface area (Å²) < 4.78 is 48.4. The van der Waals surface area contributed by atoms with E-state index in [-0.39, 0.29) is 24.6 Å². The molecule has 1 unspecified atom stereocenters. The number of hydrogen-bond donors (Lipinski definition) is 0. The normalized spacial score (nSPS) is 20.1. The molecule has 1 aromatic carbocycles. The third-order valence-corrected chi connectivity index (χ3v) is 2.51. The summed E-state index contributed by atoms with van der Waals surface area (Å²) in [6, 6.07) is 6.13. The van der Waals surface area contributed by atoms with Gasteiger partial charge in [-0.3, -0.25) is 0 Å². The van der Waals surface area contributed by atoms with Crippen LogP contribution in [-0.2, 0) is 10.9 Å². The third-order valence-electron chi connectivity index (χ3n) is 2.51. The molecule has 94 valence electrons. The predicted octanol–water partition coefficient (Wildman–Crippen LogP) is 0.415. The summed E-state index contributed by atoms with van der Waals surface area (Å²) in [7, 11) is 0. The minimum atomic E-state index is -4.43. The van der Waals surface area contributed by atoms with Gasteiger partial charge in [0.15, 0.2) is 6.29 Å². The number of ether oxygens (including phenoxy) is 2. The van der Waals surface area contributed by atoms with E-state index >= 15 is 0 Å². The molecule has 0 N–H and O–H groups in total. The largest absolute Gasteiger partial charge is 1.00 e. The van der Waals surface area contributed by atoms with Gasteiger partial charge in [-0.15, -0.1) is 6.07 Å². The van der Waals surface area contributed by atoms with E-state index in [1.165, 1.54) is 12.1 Å². The van der Waals surface area contributed by atoms with Gasteiger partial charge in [0.2, 0.25) is 0 Å². The van der Waals surface area contributed by atoms with Crippen molar-refractivity contribution in [3.8, 4) is 5.75 Å². The van der Waals surface area contributed by atoms with Gasteiger partial charge >= 0.3 is 25.0 Å². The Bertz CT molecular complexity index is 376. The number of hydrogen-bond acceptors (Lipinski definition) is 2. The maximum Gasteiger partial charge on any atom is 1.00 e. The van der Waals surface area contributed by atoms with Crippen LogP contribution in [0, 0.1) is 6.07 Å². The molecular weight excluding hydrogens is 240 g/mol. The van der Waals surface area contributed by atoms with E-state index in [0.29, 0.717) is 13.0 Å². The second-order valence-corrected chi connectivity index (χ2v) is 3.82. The van der Waals surface area contributed by atoms with Crippen LogP contribution in [0.25, 0.3) is 0 Å². The van der Waals surface area contributed by atoms with Crippen LogP contribution in [-0.4, -0.2) is 12.9 Å². The van der Waals surface area contributed by atoms with Gasteiger partial charge in [0, 0.05) is 12.2 Å². The van der Waals surface area contributed by atoms with Crippen molar-refractivity contribution in [2.45, 2.75) is 31.7 Å². The second kappa shape index (κ2) is 6.51. The minimum absolute atomic E-state index is 0. The molecule has 2 nitrogen and oxygen atoms in total. The van der Waals surface area contributed by atoms with Crippen molar-refractivity contribution >= 4 is 0 Å². The van der Waals surface area contributed by atoms with Crippen molar-refractivity contribution in [1.82, 2.24) is 0 Å². The summed E-state index contributed by atoms with van der Waals surface area (Å²) in [5, 5.41) is 0. The van der Waals surface area contributed by atoms with E-state index in [1.807, 2.05) is 0 Å². The zero-order valence-corrected chi connectivity index (χ0v) is 10.1. The van der Waals surface area contributed by atoms with Crippen LogP contribution in [0.15, 0.2) is 18.2 Å². The molecule has 0 radical (unpaired) electrons. The van der Waals surface area contributed by atoms with Crippen LogP contribution in [0.4, 0.5) is 13.2 Å². The van der Waals surface area contributed by atoms with Crippen LogP contribution in [0.5, 0.6) is 5.75 Å². The van der Waals surface area contributed by atoms with Crippen molar-refractivity contribution in [1.29, 1.82) is 0 Å². The first-order valence-corrected chi connectivity index (χ1v) is 5.43. The van der Waals surface area contributed by atoms with E-state index < -0.39 is 18.0 Å². The van der Waals surface area contributed by atoms with Crippen LogP contribution < -0.4 is 23.6 Å². The molecule has 2 rings (SSSR count). The monoisotopic (exact) mass is 252 g/mol. The van der Waals surface area contributed by atoms with Gasteiger partial charge in [0.25, 0.3) is 0 Å². The smallest absolute Gasteiger partial charge is 0.490 e. The molecule has 1 aliphatic rings. The topological polar surface area (TPSA) is 18.5 Å². The van der Waals surface area contributed by atoms with E-state index in [4.69, 9.17) is 9.47 Å². The molecule has 18 heavy (non-hydrogen) atoms. The number of alkyl halides is 3. The van der Waals surface area contributed by atoms with Crippen LogP contribution >= 0.6 is 0 Å². The van der Waals surface area contributed by atoms with E-state index in [1.54, 1.807) is 0 Å².